The number of fused-ring (bicyclic) bond motifs is 1. The second-order valence-electron chi connectivity index (χ2n) is 5.95. The zero-order valence-electron chi connectivity index (χ0n) is 12.9. The van der Waals surface area contributed by atoms with E-state index in [-0.39, 0.29) is 0 Å². The quantitative estimate of drug-likeness (QED) is 0.905. The van der Waals surface area contributed by atoms with Gasteiger partial charge in [0.05, 0.1) is 5.56 Å². The predicted octanol–water partition coefficient (Wildman–Crippen LogP) is 3.98. The normalized spacial score (nSPS) is 14.0. The first-order valence-electron chi connectivity index (χ1n) is 7.55. The summed E-state index contributed by atoms with van der Waals surface area (Å²) in [6.45, 7) is 6.14. The molecule has 0 spiro atoms. The van der Waals surface area contributed by atoms with Gasteiger partial charge < -0.3 is 9.67 Å². The molecule has 0 saturated heterocycles. The summed E-state index contributed by atoms with van der Waals surface area (Å²) in [5, 5.41) is 9.59. The molecule has 0 saturated carbocycles. The number of aromatic nitrogens is 1. The van der Waals surface area contributed by atoms with E-state index in [1.807, 2.05) is 13.0 Å². The van der Waals surface area contributed by atoms with Crippen LogP contribution in [0, 0.1) is 20.8 Å². The van der Waals surface area contributed by atoms with E-state index in [0.717, 1.165) is 42.6 Å². The molecule has 1 aromatic carbocycles. The minimum absolute atomic E-state index is 0.519. The van der Waals surface area contributed by atoms with Gasteiger partial charge in [-0.15, -0.1) is 0 Å². The molecule has 1 aliphatic rings. The van der Waals surface area contributed by atoms with Crippen LogP contribution >= 0.6 is 0 Å². The third-order valence-corrected chi connectivity index (χ3v) is 4.74. The lowest BCUT2D eigenvalue weighted by Gasteiger charge is -2.19. The molecule has 0 fully saturated rings. The highest BCUT2D eigenvalue weighted by Gasteiger charge is 2.27. The van der Waals surface area contributed by atoms with Crippen LogP contribution in [0.2, 0.25) is 0 Å². The summed E-state index contributed by atoms with van der Waals surface area (Å²) in [6.07, 6.45) is 4.08. The smallest absolute Gasteiger partial charge is 0.337 e. The maximum absolute atomic E-state index is 11.7. The number of hydrogen-bond donors (Lipinski definition) is 1. The van der Waals surface area contributed by atoms with E-state index in [1.54, 1.807) is 0 Å². The minimum atomic E-state index is -0.797. The zero-order chi connectivity index (χ0) is 15.1. The lowest BCUT2D eigenvalue weighted by Crippen LogP contribution is -2.09. The summed E-state index contributed by atoms with van der Waals surface area (Å²) in [4.78, 5) is 11.7. The van der Waals surface area contributed by atoms with Gasteiger partial charge in [-0.25, -0.2) is 4.79 Å². The van der Waals surface area contributed by atoms with Crippen molar-refractivity contribution in [2.75, 3.05) is 0 Å². The second-order valence-corrected chi connectivity index (χ2v) is 5.95. The average molecular weight is 283 g/mol. The number of aryl methyl sites for hydroxylation is 1. The molecule has 1 aromatic heterocycles. The second kappa shape index (κ2) is 5.06. The van der Waals surface area contributed by atoms with Crippen LogP contribution in [-0.2, 0) is 12.8 Å². The van der Waals surface area contributed by atoms with Crippen LogP contribution in [0.3, 0.4) is 0 Å². The summed E-state index contributed by atoms with van der Waals surface area (Å²) >= 11 is 0. The van der Waals surface area contributed by atoms with E-state index < -0.39 is 5.97 Å². The summed E-state index contributed by atoms with van der Waals surface area (Å²) in [5.41, 5.74) is 7.21. The molecule has 0 radical (unpaired) electrons. The Morgan fingerprint density at radius 3 is 2.57 bits per heavy atom. The molecule has 0 unspecified atom stereocenters. The number of hydrogen-bond acceptors (Lipinski definition) is 1. The lowest BCUT2D eigenvalue weighted by atomic mass is 9.94. The van der Waals surface area contributed by atoms with Gasteiger partial charge in [0.25, 0.3) is 0 Å². The monoisotopic (exact) mass is 283 g/mol. The SMILES string of the molecule is Cc1cccc(-n2c(C)c(C(=O)O)c3c2CCCC3)c1C. The molecule has 3 nitrogen and oxygen atoms in total. The summed E-state index contributed by atoms with van der Waals surface area (Å²) in [7, 11) is 0. The van der Waals surface area contributed by atoms with Gasteiger partial charge in [-0.05, 0) is 69.2 Å². The molecule has 0 amide bonds. The van der Waals surface area contributed by atoms with Crippen molar-refractivity contribution in [1.29, 1.82) is 0 Å². The Balaban J connectivity index is 2.33. The molecular formula is C18H21NO2. The first-order valence-corrected chi connectivity index (χ1v) is 7.55. The highest BCUT2D eigenvalue weighted by molar-refractivity contribution is 5.92. The number of aromatic carboxylic acids is 1. The Bertz CT molecular complexity index is 725. The largest absolute Gasteiger partial charge is 0.478 e. The maximum Gasteiger partial charge on any atom is 0.337 e. The van der Waals surface area contributed by atoms with E-state index >= 15 is 0 Å². The van der Waals surface area contributed by atoms with E-state index in [9.17, 15) is 9.90 Å². The van der Waals surface area contributed by atoms with E-state index in [1.165, 1.54) is 16.8 Å². The Morgan fingerprint density at radius 1 is 1.14 bits per heavy atom. The van der Waals surface area contributed by atoms with Gasteiger partial charge in [0.15, 0.2) is 0 Å². The van der Waals surface area contributed by atoms with Gasteiger partial charge in [-0.2, -0.15) is 0 Å². The lowest BCUT2D eigenvalue weighted by molar-refractivity contribution is 0.0695. The van der Waals surface area contributed by atoms with Gasteiger partial charge in [-0.1, -0.05) is 12.1 Å². The van der Waals surface area contributed by atoms with Crippen LogP contribution in [0.15, 0.2) is 18.2 Å². The molecule has 0 bridgehead atoms. The summed E-state index contributed by atoms with van der Waals surface area (Å²) in [6, 6.07) is 6.24. The maximum atomic E-state index is 11.7. The third-order valence-electron chi connectivity index (χ3n) is 4.74. The van der Waals surface area contributed by atoms with Crippen LogP contribution < -0.4 is 0 Å². The fourth-order valence-electron chi connectivity index (χ4n) is 3.53. The highest BCUT2D eigenvalue weighted by atomic mass is 16.4. The van der Waals surface area contributed by atoms with E-state index in [2.05, 4.69) is 30.5 Å². The summed E-state index contributed by atoms with van der Waals surface area (Å²) < 4.78 is 2.18. The molecule has 21 heavy (non-hydrogen) atoms. The molecule has 1 aliphatic carbocycles. The topological polar surface area (TPSA) is 42.2 Å². The molecule has 0 aliphatic heterocycles. The summed E-state index contributed by atoms with van der Waals surface area (Å²) in [5.74, 6) is -0.797. The van der Waals surface area contributed by atoms with Crippen molar-refractivity contribution >= 4 is 5.97 Å². The van der Waals surface area contributed by atoms with Gasteiger partial charge in [0.2, 0.25) is 0 Å². The molecule has 0 atom stereocenters. The minimum Gasteiger partial charge on any atom is -0.478 e. The first kappa shape index (κ1) is 13.9. The van der Waals surface area contributed by atoms with Gasteiger partial charge in [-0.3, -0.25) is 0 Å². The van der Waals surface area contributed by atoms with Crippen molar-refractivity contribution in [3.8, 4) is 5.69 Å². The van der Waals surface area contributed by atoms with Crippen molar-refractivity contribution in [3.05, 3.63) is 51.8 Å². The van der Waals surface area contributed by atoms with Gasteiger partial charge >= 0.3 is 5.97 Å². The van der Waals surface area contributed by atoms with Crippen molar-refractivity contribution in [2.24, 2.45) is 0 Å². The van der Waals surface area contributed by atoms with Crippen LogP contribution in [0.1, 0.15) is 51.3 Å². The molecule has 1 heterocycles. The van der Waals surface area contributed by atoms with E-state index in [0.29, 0.717) is 5.56 Å². The van der Waals surface area contributed by atoms with Crippen LogP contribution in [0.5, 0.6) is 0 Å². The number of carboxylic acid groups (broad SMARTS) is 1. The molecular weight excluding hydrogens is 262 g/mol. The van der Waals surface area contributed by atoms with Crippen molar-refractivity contribution < 1.29 is 9.90 Å². The molecule has 1 N–H and O–H groups in total. The highest BCUT2D eigenvalue weighted by Crippen LogP contribution is 2.33. The predicted molar refractivity (Wildman–Crippen MR) is 83.6 cm³/mol. The van der Waals surface area contributed by atoms with Crippen molar-refractivity contribution in [2.45, 2.75) is 46.5 Å². The van der Waals surface area contributed by atoms with Crippen LogP contribution in [-0.4, -0.2) is 15.6 Å². The Labute approximate surface area is 125 Å². The number of rotatable bonds is 2. The fraction of sp³-hybridized carbons (Fsp3) is 0.389. The Morgan fingerprint density at radius 2 is 1.86 bits per heavy atom. The number of carbonyl (C=O) groups is 1. The molecule has 3 heteroatoms. The first-order chi connectivity index (χ1) is 10.0. The Hall–Kier alpha value is -2.03. The van der Waals surface area contributed by atoms with Crippen LogP contribution in [0.25, 0.3) is 5.69 Å². The number of nitrogens with zero attached hydrogens (tertiary/aromatic N) is 1. The number of benzene rings is 1. The average Bonchev–Trinajstić information content (AvgIpc) is 2.74. The van der Waals surface area contributed by atoms with Crippen LogP contribution in [0.4, 0.5) is 0 Å². The standard InChI is InChI=1S/C18H21NO2/c1-11-7-6-10-15(12(11)2)19-13(3)17(18(20)21)14-8-4-5-9-16(14)19/h6-7,10H,4-5,8-9H2,1-3H3,(H,20,21). The Kier molecular flexibility index (Phi) is 3.36. The molecule has 3 rings (SSSR count). The van der Waals surface area contributed by atoms with Gasteiger partial charge in [0, 0.05) is 17.1 Å². The molecule has 2 aromatic rings. The molecule has 110 valence electrons. The van der Waals surface area contributed by atoms with Crippen molar-refractivity contribution in [3.63, 3.8) is 0 Å². The third kappa shape index (κ3) is 2.08. The fourth-order valence-corrected chi connectivity index (χ4v) is 3.53. The number of carboxylic acids is 1. The van der Waals surface area contributed by atoms with Crippen molar-refractivity contribution in [1.82, 2.24) is 4.57 Å². The van der Waals surface area contributed by atoms with E-state index in [4.69, 9.17) is 0 Å². The zero-order valence-corrected chi connectivity index (χ0v) is 12.9. The van der Waals surface area contributed by atoms with Gasteiger partial charge in [0.1, 0.15) is 0 Å².